The monoisotopic (exact) mass is 340 g/mol. The van der Waals surface area contributed by atoms with Crippen molar-refractivity contribution in [1.82, 2.24) is 5.32 Å². The molecule has 25 heavy (non-hydrogen) atoms. The largest absolute Gasteiger partial charge is 0.486 e. The first-order valence-corrected chi connectivity index (χ1v) is 8.27. The van der Waals surface area contributed by atoms with E-state index in [1.807, 2.05) is 56.3 Å². The fourth-order valence-corrected chi connectivity index (χ4v) is 2.46. The Morgan fingerprint density at radius 2 is 1.72 bits per heavy atom. The summed E-state index contributed by atoms with van der Waals surface area (Å²) in [5.74, 6) is 0.240. The number of anilines is 1. The molecule has 0 radical (unpaired) electrons. The minimum atomic E-state index is -0.592. The lowest BCUT2D eigenvalue weighted by Gasteiger charge is -2.17. The van der Waals surface area contributed by atoms with Crippen LogP contribution >= 0.6 is 0 Å². The van der Waals surface area contributed by atoms with E-state index in [1.54, 1.807) is 13.0 Å². The number of aryl methyl sites for hydroxylation is 1. The zero-order chi connectivity index (χ0) is 18.4. The summed E-state index contributed by atoms with van der Waals surface area (Å²) in [5.41, 5.74) is 2.68. The van der Waals surface area contributed by atoms with Gasteiger partial charge in [0.15, 0.2) is 0 Å². The summed E-state index contributed by atoms with van der Waals surface area (Å²) in [6, 6.07) is 14.9. The highest BCUT2D eigenvalue weighted by Gasteiger charge is 2.15. The molecule has 5 nitrogen and oxygen atoms in total. The first kappa shape index (κ1) is 18.5. The highest BCUT2D eigenvalue weighted by atomic mass is 16.5. The van der Waals surface area contributed by atoms with Gasteiger partial charge in [-0.15, -0.1) is 0 Å². The van der Waals surface area contributed by atoms with Gasteiger partial charge in [0.1, 0.15) is 17.9 Å². The molecule has 2 rings (SSSR count). The maximum Gasteiger partial charge on any atom is 0.246 e. The molecule has 2 atom stereocenters. The van der Waals surface area contributed by atoms with E-state index in [0.717, 1.165) is 16.9 Å². The van der Waals surface area contributed by atoms with Crippen molar-refractivity contribution in [2.75, 3.05) is 5.32 Å². The molecule has 0 aliphatic carbocycles. The van der Waals surface area contributed by atoms with Gasteiger partial charge in [-0.3, -0.25) is 9.59 Å². The Hall–Kier alpha value is -2.82. The number of nitrogens with one attached hydrogen (secondary N) is 2. The Kier molecular flexibility index (Phi) is 6.17. The number of ether oxygens (including phenoxy) is 1. The normalized spacial score (nSPS) is 12.8. The highest BCUT2D eigenvalue weighted by molar-refractivity contribution is 5.97. The number of hydrogen-bond acceptors (Lipinski definition) is 3. The van der Waals surface area contributed by atoms with E-state index in [2.05, 4.69) is 10.6 Å². The molecule has 2 N–H and O–H groups in total. The van der Waals surface area contributed by atoms with Crippen molar-refractivity contribution >= 4 is 17.5 Å². The second kappa shape index (κ2) is 8.33. The van der Waals surface area contributed by atoms with Crippen LogP contribution in [0.5, 0.6) is 5.75 Å². The summed E-state index contributed by atoms with van der Waals surface area (Å²) in [6.45, 7) is 6.92. The van der Waals surface area contributed by atoms with Crippen LogP contribution in [0.25, 0.3) is 0 Å². The second-order valence-corrected chi connectivity index (χ2v) is 6.06. The molecule has 2 amide bonds. The van der Waals surface area contributed by atoms with Gasteiger partial charge >= 0.3 is 0 Å². The number of hydrogen-bond donors (Lipinski definition) is 2. The minimum absolute atomic E-state index is 0.0687. The summed E-state index contributed by atoms with van der Waals surface area (Å²) in [4.78, 5) is 23.1. The van der Waals surface area contributed by atoms with Gasteiger partial charge in [0.25, 0.3) is 0 Å². The Balaban J connectivity index is 2.03. The summed E-state index contributed by atoms with van der Waals surface area (Å²) in [7, 11) is 0. The third-order valence-electron chi connectivity index (χ3n) is 3.85. The van der Waals surface area contributed by atoms with Gasteiger partial charge in [0.05, 0.1) is 0 Å². The van der Waals surface area contributed by atoms with E-state index in [9.17, 15) is 9.59 Å². The summed E-state index contributed by atoms with van der Waals surface area (Å²) >= 11 is 0. The van der Waals surface area contributed by atoms with E-state index in [0.29, 0.717) is 5.69 Å². The van der Waals surface area contributed by atoms with Crippen LogP contribution in [-0.4, -0.2) is 17.9 Å². The number of carbonyl (C=O) groups excluding carboxylic acids is 2. The standard InChI is InChI=1S/C20H24N2O3/c1-13-12-18(25-15(3)17-8-6-5-7-9-17)10-11-19(13)22-20(24)14(2)21-16(4)23/h5-12,14-15H,1-4H3,(H,21,23)(H,22,24). The zero-order valence-electron chi connectivity index (χ0n) is 15.0. The van der Waals surface area contributed by atoms with Crippen LogP contribution in [-0.2, 0) is 9.59 Å². The molecule has 0 saturated carbocycles. The maximum absolute atomic E-state index is 12.1. The van der Waals surface area contributed by atoms with Crippen molar-refractivity contribution in [3.05, 3.63) is 59.7 Å². The van der Waals surface area contributed by atoms with Gasteiger partial charge in [-0.25, -0.2) is 0 Å². The number of carbonyl (C=O) groups is 2. The van der Waals surface area contributed by atoms with E-state index in [-0.39, 0.29) is 17.9 Å². The van der Waals surface area contributed by atoms with Crippen LogP contribution in [0.1, 0.15) is 38.0 Å². The van der Waals surface area contributed by atoms with Crippen LogP contribution in [0.2, 0.25) is 0 Å². The van der Waals surface area contributed by atoms with E-state index in [4.69, 9.17) is 4.74 Å². The summed E-state index contributed by atoms with van der Waals surface area (Å²) in [6.07, 6.45) is -0.0687. The Labute approximate surface area is 148 Å². The quantitative estimate of drug-likeness (QED) is 0.844. The van der Waals surface area contributed by atoms with Crippen molar-refractivity contribution < 1.29 is 14.3 Å². The Morgan fingerprint density at radius 1 is 1.04 bits per heavy atom. The van der Waals surface area contributed by atoms with Crippen LogP contribution < -0.4 is 15.4 Å². The van der Waals surface area contributed by atoms with Crippen LogP contribution in [0.4, 0.5) is 5.69 Å². The van der Waals surface area contributed by atoms with Gasteiger partial charge in [0, 0.05) is 12.6 Å². The van der Waals surface area contributed by atoms with Crippen LogP contribution in [0.15, 0.2) is 48.5 Å². The molecule has 0 aromatic heterocycles. The molecule has 0 bridgehead atoms. The average Bonchev–Trinajstić information content (AvgIpc) is 2.57. The molecular weight excluding hydrogens is 316 g/mol. The first-order valence-electron chi connectivity index (χ1n) is 8.27. The molecule has 0 saturated heterocycles. The predicted octanol–water partition coefficient (Wildman–Crippen LogP) is 3.60. The molecule has 0 aliphatic heterocycles. The van der Waals surface area contributed by atoms with Gasteiger partial charge in [-0.1, -0.05) is 30.3 Å². The van der Waals surface area contributed by atoms with Crippen molar-refractivity contribution in [3.63, 3.8) is 0 Å². The third-order valence-corrected chi connectivity index (χ3v) is 3.85. The van der Waals surface area contributed by atoms with Crippen molar-refractivity contribution in [1.29, 1.82) is 0 Å². The van der Waals surface area contributed by atoms with Gasteiger partial charge < -0.3 is 15.4 Å². The molecule has 0 spiro atoms. The summed E-state index contributed by atoms with van der Waals surface area (Å²) < 4.78 is 5.97. The SMILES string of the molecule is CC(=O)NC(C)C(=O)Nc1ccc(OC(C)c2ccccc2)cc1C. The molecule has 0 aliphatic rings. The van der Waals surface area contributed by atoms with E-state index >= 15 is 0 Å². The topological polar surface area (TPSA) is 67.4 Å². The number of benzene rings is 2. The highest BCUT2D eigenvalue weighted by Crippen LogP contribution is 2.26. The fourth-order valence-electron chi connectivity index (χ4n) is 2.46. The summed E-state index contributed by atoms with van der Waals surface area (Å²) in [5, 5.41) is 5.38. The molecule has 2 aromatic rings. The van der Waals surface area contributed by atoms with Crippen LogP contribution in [0.3, 0.4) is 0 Å². The molecule has 0 fully saturated rings. The molecule has 0 heterocycles. The lowest BCUT2D eigenvalue weighted by Crippen LogP contribution is -2.40. The predicted molar refractivity (Wildman–Crippen MR) is 98.6 cm³/mol. The first-order chi connectivity index (χ1) is 11.9. The van der Waals surface area contributed by atoms with Gasteiger partial charge in [-0.05, 0) is 50.1 Å². The lowest BCUT2D eigenvalue weighted by molar-refractivity contribution is -0.124. The maximum atomic E-state index is 12.1. The fraction of sp³-hybridized carbons (Fsp3) is 0.300. The van der Waals surface area contributed by atoms with E-state index < -0.39 is 6.04 Å². The number of rotatable bonds is 6. The minimum Gasteiger partial charge on any atom is -0.486 e. The Bertz CT molecular complexity index is 744. The zero-order valence-corrected chi connectivity index (χ0v) is 15.0. The third kappa shape index (κ3) is 5.35. The van der Waals surface area contributed by atoms with Crippen LogP contribution in [0, 0.1) is 6.92 Å². The van der Waals surface area contributed by atoms with Crippen molar-refractivity contribution in [3.8, 4) is 5.75 Å². The van der Waals surface area contributed by atoms with Gasteiger partial charge in [-0.2, -0.15) is 0 Å². The van der Waals surface area contributed by atoms with Crippen molar-refractivity contribution in [2.45, 2.75) is 39.8 Å². The van der Waals surface area contributed by atoms with Gasteiger partial charge in [0.2, 0.25) is 11.8 Å². The molecule has 2 aromatic carbocycles. The molecular formula is C20H24N2O3. The molecule has 2 unspecified atom stereocenters. The number of amides is 2. The molecule has 132 valence electrons. The lowest BCUT2D eigenvalue weighted by atomic mass is 10.1. The van der Waals surface area contributed by atoms with E-state index in [1.165, 1.54) is 6.92 Å². The Morgan fingerprint density at radius 3 is 2.32 bits per heavy atom. The second-order valence-electron chi connectivity index (χ2n) is 6.06. The molecule has 5 heteroatoms. The smallest absolute Gasteiger partial charge is 0.246 e. The average molecular weight is 340 g/mol. The van der Waals surface area contributed by atoms with Crippen molar-refractivity contribution in [2.24, 2.45) is 0 Å².